The van der Waals surface area contributed by atoms with E-state index in [4.69, 9.17) is 5.11 Å². The van der Waals surface area contributed by atoms with E-state index >= 15 is 0 Å². The van der Waals surface area contributed by atoms with Crippen LogP contribution in [0.4, 0.5) is 13.2 Å². The van der Waals surface area contributed by atoms with E-state index in [0.717, 1.165) is 5.38 Å². The number of benzene rings is 1. The number of sulfone groups is 1. The van der Waals surface area contributed by atoms with E-state index in [0.29, 0.717) is 11.3 Å². The summed E-state index contributed by atoms with van der Waals surface area (Å²) in [6.45, 7) is 0. The zero-order chi connectivity index (χ0) is 18.4. The molecule has 0 atom stereocenters. The molecule has 3 rings (SSSR count). The molecule has 2 N–H and O–H groups in total. The number of fused-ring (bicyclic) bond motifs is 1. The van der Waals surface area contributed by atoms with Gasteiger partial charge in [0.25, 0.3) is 0 Å². The SMILES string of the molecule is O=C(O)Cc1c(S(=O)(=O)c2ccccc2)[nH]c2scc(C(F)(F)F)c12. The maximum absolute atomic E-state index is 13.2. The van der Waals surface area contributed by atoms with E-state index in [1.807, 2.05) is 0 Å². The molecule has 0 aliphatic heterocycles. The Balaban J connectivity index is 2.33. The maximum Gasteiger partial charge on any atom is 0.417 e. The van der Waals surface area contributed by atoms with E-state index < -0.39 is 44.4 Å². The Morgan fingerprint density at radius 2 is 1.84 bits per heavy atom. The van der Waals surface area contributed by atoms with Crippen molar-refractivity contribution in [3.63, 3.8) is 0 Å². The lowest BCUT2D eigenvalue weighted by Gasteiger charge is -2.08. The van der Waals surface area contributed by atoms with Gasteiger partial charge in [0.15, 0.2) is 0 Å². The number of aliphatic carboxylic acids is 1. The summed E-state index contributed by atoms with van der Waals surface area (Å²) in [7, 11) is -4.19. The molecule has 10 heteroatoms. The second-order valence-electron chi connectivity index (χ2n) is 5.17. The highest BCUT2D eigenvalue weighted by Gasteiger charge is 2.38. The van der Waals surface area contributed by atoms with Crippen molar-refractivity contribution in [1.29, 1.82) is 0 Å². The first kappa shape index (κ1) is 17.5. The number of hydrogen-bond acceptors (Lipinski definition) is 4. The van der Waals surface area contributed by atoms with Crippen LogP contribution in [-0.2, 0) is 27.2 Å². The number of rotatable bonds is 4. The topological polar surface area (TPSA) is 87.2 Å². The largest absolute Gasteiger partial charge is 0.481 e. The molecule has 25 heavy (non-hydrogen) atoms. The normalized spacial score (nSPS) is 12.6. The number of carbonyl (C=O) groups is 1. The van der Waals surface area contributed by atoms with Crippen LogP contribution in [-0.4, -0.2) is 24.5 Å². The summed E-state index contributed by atoms with van der Waals surface area (Å²) in [5.74, 6) is -1.43. The summed E-state index contributed by atoms with van der Waals surface area (Å²) >= 11 is 0.681. The fourth-order valence-corrected chi connectivity index (χ4v) is 5.07. The van der Waals surface area contributed by atoms with Crippen LogP contribution in [0.2, 0.25) is 0 Å². The summed E-state index contributed by atoms with van der Waals surface area (Å²) < 4.78 is 65.1. The van der Waals surface area contributed by atoms with Gasteiger partial charge in [-0.25, -0.2) is 8.42 Å². The lowest BCUT2D eigenvalue weighted by molar-refractivity contribution is -0.137. The molecule has 132 valence electrons. The molecule has 5 nitrogen and oxygen atoms in total. The molecule has 3 aromatic rings. The number of alkyl halides is 3. The molecule has 0 radical (unpaired) electrons. The van der Waals surface area contributed by atoms with E-state index in [1.165, 1.54) is 24.3 Å². The second kappa shape index (κ2) is 5.88. The van der Waals surface area contributed by atoms with Crippen LogP contribution >= 0.6 is 11.3 Å². The molecule has 2 aromatic heterocycles. The summed E-state index contributed by atoms with van der Waals surface area (Å²) in [4.78, 5) is 13.4. The smallest absolute Gasteiger partial charge is 0.417 e. The number of H-pyrrole nitrogens is 1. The van der Waals surface area contributed by atoms with Crippen molar-refractivity contribution in [3.8, 4) is 0 Å². The summed E-state index contributed by atoms with van der Waals surface area (Å²) in [6, 6.07) is 7.11. The predicted octanol–water partition coefficient (Wildman–Crippen LogP) is 3.71. The van der Waals surface area contributed by atoms with E-state index in [2.05, 4.69) is 4.98 Å². The molecular weight excluding hydrogens is 379 g/mol. The number of aromatic amines is 1. The minimum absolute atomic E-state index is 0.0296. The molecule has 0 aliphatic rings. The zero-order valence-electron chi connectivity index (χ0n) is 12.3. The molecule has 0 saturated carbocycles. The standard InChI is InChI=1S/C15H10F3NO4S2/c16-15(17,18)10-7-24-13-12(10)9(6-11(20)21)14(19-13)25(22,23)8-4-2-1-3-5-8/h1-5,7,19H,6H2,(H,20,21). The molecular formula is C15H10F3NO4S2. The Morgan fingerprint density at radius 3 is 2.40 bits per heavy atom. The Labute approximate surface area is 143 Å². The van der Waals surface area contributed by atoms with E-state index in [-0.39, 0.29) is 15.3 Å². The third-order valence-electron chi connectivity index (χ3n) is 3.55. The van der Waals surface area contributed by atoms with Gasteiger partial charge in [0.05, 0.1) is 16.9 Å². The average Bonchev–Trinajstić information content (AvgIpc) is 3.08. The highest BCUT2D eigenvalue weighted by atomic mass is 32.2. The maximum atomic E-state index is 13.2. The van der Waals surface area contributed by atoms with Crippen molar-refractivity contribution >= 4 is 37.4 Å². The second-order valence-corrected chi connectivity index (χ2v) is 7.94. The number of nitrogens with one attached hydrogen (secondary N) is 1. The highest BCUT2D eigenvalue weighted by Crippen LogP contribution is 2.42. The number of carboxylic acids is 1. The van der Waals surface area contributed by atoms with Gasteiger partial charge in [0.2, 0.25) is 9.84 Å². The fourth-order valence-electron chi connectivity index (χ4n) is 2.52. The van der Waals surface area contributed by atoms with Gasteiger partial charge in [-0.2, -0.15) is 13.2 Å². The van der Waals surface area contributed by atoms with Crippen molar-refractivity contribution in [2.75, 3.05) is 0 Å². The van der Waals surface area contributed by atoms with Crippen LogP contribution in [0.1, 0.15) is 11.1 Å². The summed E-state index contributed by atoms with van der Waals surface area (Å²) in [6.07, 6.45) is -5.57. The van der Waals surface area contributed by atoms with Crippen molar-refractivity contribution < 1.29 is 31.5 Å². The minimum Gasteiger partial charge on any atom is -0.481 e. The van der Waals surface area contributed by atoms with Gasteiger partial charge in [-0.3, -0.25) is 4.79 Å². The fraction of sp³-hybridized carbons (Fsp3) is 0.133. The van der Waals surface area contributed by atoms with Crippen LogP contribution in [0.3, 0.4) is 0 Å². The Hall–Kier alpha value is -2.33. The lowest BCUT2D eigenvalue weighted by Crippen LogP contribution is -2.10. The van der Waals surface area contributed by atoms with Gasteiger partial charge in [-0.15, -0.1) is 11.3 Å². The van der Waals surface area contributed by atoms with Crippen LogP contribution in [0.25, 0.3) is 10.2 Å². The minimum atomic E-state index is -4.72. The number of aromatic nitrogens is 1. The van der Waals surface area contributed by atoms with Gasteiger partial charge in [0, 0.05) is 16.3 Å². The lowest BCUT2D eigenvalue weighted by atomic mass is 10.1. The van der Waals surface area contributed by atoms with Crippen molar-refractivity contribution in [3.05, 3.63) is 46.8 Å². The number of thiophene rings is 1. The van der Waals surface area contributed by atoms with Gasteiger partial charge in [-0.05, 0) is 12.1 Å². The van der Waals surface area contributed by atoms with Crippen molar-refractivity contribution in [1.82, 2.24) is 4.98 Å². The molecule has 2 heterocycles. The summed E-state index contributed by atoms with van der Waals surface area (Å²) in [5.41, 5.74) is -1.44. The van der Waals surface area contributed by atoms with Crippen LogP contribution in [0.15, 0.2) is 45.6 Å². The molecule has 1 aromatic carbocycles. The van der Waals surface area contributed by atoms with Crippen LogP contribution in [0, 0.1) is 0 Å². The first-order valence-corrected chi connectivity index (χ1v) is 9.20. The van der Waals surface area contributed by atoms with Gasteiger partial charge in [-0.1, -0.05) is 18.2 Å². The number of halogens is 3. The molecule has 0 amide bonds. The zero-order valence-corrected chi connectivity index (χ0v) is 13.9. The van der Waals surface area contributed by atoms with E-state index in [1.54, 1.807) is 6.07 Å². The molecule has 0 saturated heterocycles. The average molecular weight is 389 g/mol. The van der Waals surface area contributed by atoms with Crippen LogP contribution in [0.5, 0.6) is 0 Å². The monoisotopic (exact) mass is 389 g/mol. The first-order chi connectivity index (χ1) is 11.6. The first-order valence-electron chi connectivity index (χ1n) is 6.83. The Bertz CT molecular complexity index is 1050. The predicted molar refractivity (Wildman–Crippen MR) is 84.4 cm³/mol. The molecule has 0 spiro atoms. The summed E-state index contributed by atoms with van der Waals surface area (Å²) in [5, 5.41) is 8.96. The third-order valence-corrected chi connectivity index (χ3v) is 6.22. The number of hydrogen-bond donors (Lipinski definition) is 2. The molecule has 0 aliphatic carbocycles. The van der Waals surface area contributed by atoms with Crippen molar-refractivity contribution in [2.24, 2.45) is 0 Å². The van der Waals surface area contributed by atoms with Crippen molar-refractivity contribution in [2.45, 2.75) is 22.5 Å². The Kier molecular flexibility index (Phi) is 4.12. The highest BCUT2D eigenvalue weighted by molar-refractivity contribution is 7.91. The van der Waals surface area contributed by atoms with Gasteiger partial charge >= 0.3 is 12.1 Å². The number of carboxylic acid groups (broad SMARTS) is 1. The third kappa shape index (κ3) is 3.02. The van der Waals surface area contributed by atoms with Gasteiger partial charge in [0.1, 0.15) is 9.86 Å². The molecule has 0 fully saturated rings. The molecule has 0 unspecified atom stereocenters. The van der Waals surface area contributed by atoms with Crippen LogP contribution < -0.4 is 0 Å². The quantitative estimate of drug-likeness (QED) is 0.712. The van der Waals surface area contributed by atoms with Gasteiger partial charge < -0.3 is 10.1 Å². The Morgan fingerprint density at radius 1 is 1.20 bits per heavy atom. The van der Waals surface area contributed by atoms with E-state index in [9.17, 15) is 26.4 Å². The molecule has 0 bridgehead atoms.